The standard InChI is InChI=1S/C37H58N8O10/c1-23(2)29(47)19-43(6)32(50)21-45(8)33(51)20-44(7)31(49)13-9-12-30(48)42-34(24(3)4)36(53)41-28(11-10-18-39-37(38)54)35(52)40-27-16-14-26(15-17-27)22-55-25(5)46/h14-17,23-24,28,34H,9-13,18-22H2,1-8H3,(H,40,52)(H,41,53)(H,42,48)(H3,38,39,54)/t28-,34?/m0/s1. The van der Waals surface area contributed by atoms with E-state index >= 15 is 0 Å². The van der Waals surface area contributed by atoms with Gasteiger partial charge in [0.1, 0.15) is 18.7 Å². The third-order valence-electron chi connectivity index (χ3n) is 8.38. The summed E-state index contributed by atoms with van der Waals surface area (Å²) < 4.78 is 4.97. The molecule has 0 radical (unpaired) electrons. The Balaban J connectivity index is 2.75. The Morgan fingerprint density at radius 3 is 1.82 bits per heavy atom. The maximum absolute atomic E-state index is 13.4. The Kier molecular flexibility index (Phi) is 20.7. The van der Waals surface area contributed by atoms with E-state index in [1.54, 1.807) is 52.0 Å². The topological polar surface area (TPSA) is 247 Å². The number of benzene rings is 1. The van der Waals surface area contributed by atoms with Crippen LogP contribution in [0.15, 0.2) is 24.3 Å². The quantitative estimate of drug-likeness (QED) is 0.0763. The molecule has 1 aromatic carbocycles. The zero-order valence-electron chi connectivity index (χ0n) is 33.2. The van der Waals surface area contributed by atoms with E-state index in [-0.39, 0.29) is 76.1 Å². The van der Waals surface area contributed by atoms with Gasteiger partial charge in [-0.15, -0.1) is 0 Å². The molecule has 18 nitrogen and oxygen atoms in total. The molecule has 6 N–H and O–H groups in total. The lowest BCUT2D eigenvalue weighted by atomic mass is 10.0. The van der Waals surface area contributed by atoms with E-state index in [1.165, 1.54) is 42.8 Å². The van der Waals surface area contributed by atoms with E-state index in [4.69, 9.17) is 10.5 Å². The van der Waals surface area contributed by atoms with Crippen molar-refractivity contribution in [1.82, 2.24) is 30.7 Å². The van der Waals surface area contributed by atoms with Crippen LogP contribution in [0.4, 0.5) is 10.5 Å². The second kappa shape index (κ2) is 24.0. The van der Waals surface area contributed by atoms with Crippen LogP contribution in [0.2, 0.25) is 0 Å². The number of amides is 8. The fraction of sp³-hybridized carbons (Fsp3) is 0.595. The maximum Gasteiger partial charge on any atom is 0.312 e. The molecule has 0 aliphatic carbocycles. The predicted octanol–water partition coefficient (Wildman–Crippen LogP) is 0.533. The molecule has 0 fully saturated rings. The smallest absolute Gasteiger partial charge is 0.312 e. The lowest BCUT2D eigenvalue weighted by molar-refractivity contribution is -0.143. The van der Waals surface area contributed by atoms with E-state index in [9.17, 15) is 43.2 Å². The van der Waals surface area contributed by atoms with Crippen molar-refractivity contribution in [2.45, 2.75) is 85.4 Å². The van der Waals surface area contributed by atoms with Gasteiger partial charge in [-0.05, 0) is 42.9 Å². The number of carbonyl (C=O) groups is 9. The highest BCUT2D eigenvalue weighted by Gasteiger charge is 2.29. The molecule has 1 rings (SSSR count). The van der Waals surface area contributed by atoms with Crippen molar-refractivity contribution in [3.05, 3.63) is 29.8 Å². The van der Waals surface area contributed by atoms with Gasteiger partial charge in [0.15, 0.2) is 5.78 Å². The molecule has 2 atom stereocenters. The lowest BCUT2D eigenvalue weighted by Crippen LogP contribution is -2.54. The summed E-state index contributed by atoms with van der Waals surface area (Å²) in [5.41, 5.74) is 6.26. The fourth-order valence-electron chi connectivity index (χ4n) is 4.85. The van der Waals surface area contributed by atoms with Crippen LogP contribution in [0.1, 0.15) is 72.3 Å². The number of primary amides is 1. The first kappa shape index (κ1) is 47.5. The Labute approximate surface area is 322 Å². The summed E-state index contributed by atoms with van der Waals surface area (Å²) in [6.07, 6.45) is 0.375. The summed E-state index contributed by atoms with van der Waals surface area (Å²) in [6.45, 7) is 7.79. The van der Waals surface area contributed by atoms with Gasteiger partial charge in [-0.2, -0.15) is 0 Å². The highest BCUT2D eigenvalue weighted by atomic mass is 16.5. The van der Waals surface area contributed by atoms with Crippen molar-refractivity contribution in [2.75, 3.05) is 52.6 Å². The van der Waals surface area contributed by atoms with Gasteiger partial charge in [-0.3, -0.25) is 38.4 Å². The van der Waals surface area contributed by atoms with Gasteiger partial charge < -0.3 is 46.4 Å². The molecule has 0 aliphatic heterocycles. The van der Waals surface area contributed by atoms with Gasteiger partial charge in [-0.25, -0.2) is 4.79 Å². The van der Waals surface area contributed by atoms with E-state index in [0.717, 1.165) is 0 Å². The average molecular weight is 775 g/mol. The Morgan fingerprint density at radius 1 is 0.727 bits per heavy atom. The van der Waals surface area contributed by atoms with Crippen molar-refractivity contribution in [3.8, 4) is 0 Å². The number of ketones is 1. The molecule has 55 heavy (non-hydrogen) atoms. The number of likely N-dealkylation sites (N-methyl/N-ethyl adjacent to an activating group) is 3. The molecule has 8 amide bonds. The number of carbonyl (C=O) groups excluding carboxylic acids is 9. The van der Waals surface area contributed by atoms with Crippen LogP contribution in [0.25, 0.3) is 0 Å². The van der Waals surface area contributed by atoms with Gasteiger partial charge in [0.2, 0.25) is 35.4 Å². The van der Waals surface area contributed by atoms with Crippen molar-refractivity contribution >= 4 is 58.9 Å². The summed E-state index contributed by atoms with van der Waals surface area (Å²) in [4.78, 5) is 115. The summed E-state index contributed by atoms with van der Waals surface area (Å²) in [6, 6.07) is 3.75. The van der Waals surface area contributed by atoms with Crippen LogP contribution in [-0.2, 0) is 49.7 Å². The molecule has 306 valence electrons. The Bertz CT molecular complexity index is 1520. The van der Waals surface area contributed by atoms with Crippen molar-refractivity contribution in [2.24, 2.45) is 17.6 Å². The van der Waals surface area contributed by atoms with Crippen LogP contribution in [0.5, 0.6) is 0 Å². The van der Waals surface area contributed by atoms with E-state index in [2.05, 4.69) is 21.3 Å². The number of hydrogen-bond donors (Lipinski definition) is 5. The maximum atomic E-state index is 13.4. The number of anilines is 1. The minimum Gasteiger partial charge on any atom is -0.461 e. The Morgan fingerprint density at radius 2 is 1.29 bits per heavy atom. The van der Waals surface area contributed by atoms with Gasteiger partial charge in [0.25, 0.3) is 0 Å². The average Bonchev–Trinajstić information content (AvgIpc) is 3.10. The van der Waals surface area contributed by atoms with Crippen LogP contribution in [0, 0.1) is 11.8 Å². The minimum absolute atomic E-state index is 0.0647. The highest BCUT2D eigenvalue weighted by Crippen LogP contribution is 2.13. The summed E-state index contributed by atoms with van der Waals surface area (Å²) in [5, 5.41) is 10.6. The number of urea groups is 1. The monoisotopic (exact) mass is 774 g/mol. The van der Waals surface area contributed by atoms with Crippen LogP contribution in [0.3, 0.4) is 0 Å². The van der Waals surface area contributed by atoms with Gasteiger partial charge >= 0.3 is 12.0 Å². The number of rotatable bonds is 23. The molecule has 0 saturated heterocycles. The van der Waals surface area contributed by atoms with Gasteiger partial charge in [-0.1, -0.05) is 39.8 Å². The van der Waals surface area contributed by atoms with Crippen LogP contribution in [-0.4, -0.2) is 127 Å². The van der Waals surface area contributed by atoms with E-state index in [1.807, 2.05) is 0 Å². The predicted molar refractivity (Wildman–Crippen MR) is 203 cm³/mol. The summed E-state index contributed by atoms with van der Waals surface area (Å²) in [7, 11) is 4.33. The Hall–Kier alpha value is -5.55. The largest absolute Gasteiger partial charge is 0.461 e. The van der Waals surface area contributed by atoms with E-state index in [0.29, 0.717) is 17.7 Å². The highest BCUT2D eigenvalue weighted by molar-refractivity contribution is 5.98. The minimum atomic E-state index is -1.05. The molecule has 1 aromatic rings. The SMILES string of the molecule is CC(=O)OCc1ccc(NC(=O)[C@H](CCCNC(N)=O)NC(=O)C(NC(=O)CCCC(=O)N(C)CC(=O)N(C)CC(=O)N(C)CC(=O)C(C)C)C(C)C)cc1. The normalized spacial score (nSPS) is 11.8. The molecular formula is C37H58N8O10. The third kappa shape index (κ3) is 18.9. The number of ether oxygens (including phenoxy) is 1. The summed E-state index contributed by atoms with van der Waals surface area (Å²) in [5.74, 6) is -4.12. The number of Topliss-reactive ketones (excluding diaryl/α,β-unsaturated/α-hetero) is 1. The number of hydrogen-bond acceptors (Lipinski definition) is 10. The third-order valence-corrected chi connectivity index (χ3v) is 8.38. The van der Waals surface area contributed by atoms with Gasteiger partial charge in [0.05, 0.1) is 19.6 Å². The number of esters is 1. The fourth-order valence-corrected chi connectivity index (χ4v) is 4.85. The van der Waals surface area contributed by atoms with E-state index < -0.39 is 59.5 Å². The number of nitrogens with two attached hydrogens (primary N) is 1. The zero-order chi connectivity index (χ0) is 41.8. The summed E-state index contributed by atoms with van der Waals surface area (Å²) >= 11 is 0. The molecule has 0 aliphatic rings. The van der Waals surface area contributed by atoms with Crippen LogP contribution >= 0.6 is 0 Å². The molecule has 0 saturated carbocycles. The molecule has 0 bridgehead atoms. The first-order valence-corrected chi connectivity index (χ1v) is 18.1. The molecule has 18 heteroatoms. The molecular weight excluding hydrogens is 716 g/mol. The number of nitrogens with zero attached hydrogens (tertiary/aromatic N) is 3. The molecule has 0 spiro atoms. The lowest BCUT2D eigenvalue weighted by Gasteiger charge is -2.25. The number of nitrogens with one attached hydrogen (secondary N) is 4. The van der Waals surface area contributed by atoms with Gasteiger partial charge in [0, 0.05) is 59.1 Å². The molecule has 0 aromatic heterocycles. The molecule has 1 unspecified atom stereocenters. The van der Waals surface area contributed by atoms with Crippen molar-refractivity contribution < 1.29 is 47.9 Å². The van der Waals surface area contributed by atoms with Crippen molar-refractivity contribution in [3.63, 3.8) is 0 Å². The first-order valence-electron chi connectivity index (χ1n) is 18.1. The first-order chi connectivity index (χ1) is 25.7. The van der Waals surface area contributed by atoms with Crippen molar-refractivity contribution in [1.29, 1.82) is 0 Å². The zero-order valence-corrected chi connectivity index (χ0v) is 33.2. The molecule has 0 heterocycles. The van der Waals surface area contributed by atoms with Crippen LogP contribution < -0.4 is 27.0 Å². The second-order valence-electron chi connectivity index (χ2n) is 14.0. The second-order valence-corrected chi connectivity index (χ2v) is 14.0.